The molecule has 0 aromatic heterocycles. The molecule has 0 unspecified atom stereocenters. The maximum absolute atomic E-state index is 8.88. The molecule has 0 aliphatic carbocycles. The Morgan fingerprint density at radius 3 is 1.17 bits per heavy atom. The van der Waals surface area contributed by atoms with Crippen LogP contribution in [-0.2, 0) is 10.8 Å². The Labute approximate surface area is 558 Å². The highest BCUT2D eigenvalue weighted by molar-refractivity contribution is 6.37. The number of benzene rings is 15. The van der Waals surface area contributed by atoms with E-state index in [-0.39, 0.29) is 10.8 Å². The molecule has 15 aromatic carbocycles. The molecule has 15 rings (SSSR count). The van der Waals surface area contributed by atoms with Gasteiger partial charge in [0.15, 0.2) is 0 Å². The molecule has 0 heterocycles. The van der Waals surface area contributed by atoms with Crippen LogP contribution in [0.15, 0.2) is 328 Å². The van der Waals surface area contributed by atoms with Gasteiger partial charge in [-0.05, 0) is 166 Å². The average Bonchev–Trinajstić information content (AvgIpc) is 0.738. The van der Waals surface area contributed by atoms with Crippen LogP contribution in [0.5, 0.6) is 0 Å². The molecule has 0 spiro atoms. The van der Waals surface area contributed by atoms with Crippen molar-refractivity contribution in [3.05, 3.63) is 344 Å². The number of anilines is 9. The van der Waals surface area contributed by atoms with E-state index in [1.807, 2.05) is 0 Å². The highest BCUT2D eigenvalue weighted by atomic mass is 35.5. The van der Waals surface area contributed by atoms with Crippen molar-refractivity contribution in [2.45, 2.75) is 52.4 Å². The van der Waals surface area contributed by atoms with Crippen LogP contribution in [0.2, 0.25) is 5.02 Å². The first-order valence-electron chi connectivity index (χ1n) is 32.6. The van der Waals surface area contributed by atoms with Gasteiger partial charge in [0.05, 0.1) is 33.5 Å². The second-order valence-corrected chi connectivity index (χ2v) is 27.0. The van der Waals surface area contributed by atoms with Gasteiger partial charge in [-0.3, -0.25) is 0 Å². The summed E-state index contributed by atoms with van der Waals surface area (Å²) in [6.45, 7) is 13.8. The summed E-state index contributed by atoms with van der Waals surface area (Å²) in [7, 11) is 0. The van der Waals surface area contributed by atoms with Crippen molar-refractivity contribution in [1.82, 2.24) is 0 Å². The highest BCUT2D eigenvalue weighted by Crippen LogP contribution is 2.56. The van der Waals surface area contributed by atoms with Gasteiger partial charge >= 0.3 is 0 Å². The van der Waals surface area contributed by atoms with Crippen molar-refractivity contribution in [2.24, 2.45) is 0 Å². The largest absolute Gasteiger partial charge is 0.310 e. The van der Waals surface area contributed by atoms with Crippen LogP contribution in [-0.4, -0.2) is 0 Å². The standard InChI is InChI=1S/C90H72ClN3/c1-89(2,3)68-48-53-72(54-49-68)93(82-57-50-69(90(4,5)6)58-81(82)79-55-46-67-43-42-65-32-24-33-66-47-56-80(79)86(67)85(65)66)83-59-74(92(70-34-18-10-19-35-70)71-36-20-11-21-37-71)60-84(87(83)91)94(73-51-44-64(45-52-73)76-39-23-22-38-75(76)61-26-12-7-13-27-61)88-77(62-28-14-8-15-29-62)40-25-41-78(88)63-30-16-9-17-31-63/h7-60H,1-6H3. The van der Waals surface area contributed by atoms with Crippen molar-refractivity contribution < 1.29 is 0 Å². The molecular weight excluding hydrogens is 1160 g/mol. The topological polar surface area (TPSA) is 9.72 Å². The Kier molecular flexibility index (Phi) is 15.5. The van der Waals surface area contributed by atoms with Crippen LogP contribution in [0.1, 0.15) is 52.7 Å². The molecule has 0 aliphatic heterocycles. The number of nitrogens with zero attached hydrogens (tertiary/aromatic N) is 3. The van der Waals surface area contributed by atoms with Crippen LogP contribution in [0.4, 0.5) is 51.2 Å². The van der Waals surface area contributed by atoms with E-state index in [0.717, 1.165) is 95.7 Å². The fourth-order valence-corrected chi connectivity index (χ4v) is 14.1. The third-order valence-electron chi connectivity index (χ3n) is 18.6. The van der Waals surface area contributed by atoms with Crippen LogP contribution in [0.3, 0.4) is 0 Å². The van der Waals surface area contributed by atoms with E-state index < -0.39 is 0 Å². The molecule has 3 nitrogen and oxygen atoms in total. The Hall–Kier alpha value is -11.0. The van der Waals surface area contributed by atoms with E-state index in [1.165, 1.54) is 54.6 Å². The van der Waals surface area contributed by atoms with Crippen LogP contribution < -0.4 is 14.7 Å². The molecule has 454 valence electrons. The van der Waals surface area contributed by atoms with Gasteiger partial charge in [0, 0.05) is 39.4 Å². The third kappa shape index (κ3) is 11.1. The van der Waals surface area contributed by atoms with Gasteiger partial charge in [0.25, 0.3) is 0 Å². The molecule has 0 radical (unpaired) electrons. The van der Waals surface area contributed by atoms with Gasteiger partial charge in [-0.15, -0.1) is 0 Å². The van der Waals surface area contributed by atoms with E-state index in [2.05, 4.69) is 384 Å². The molecule has 0 atom stereocenters. The molecule has 94 heavy (non-hydrogen) atoms. The molecule has 4 heteroatoms. The number of para-hydroxylation sites is 3. The summed E-state index contributed by atoms with van der Waals surface area (Å²) in [4.78, 5) is 7.25. The molecule has 0 bridgehead atoms. The minimum absolute atomic E-state index is 0.108. The SMILES string of the molecule is CC(C)(C)c1ccc(N(c2ccc(C(C)(C)C)cc2-c2ccc3ccc4cccc5ccc2c3c45)c2cc(N(c3ccccc3)c3ccccc3)cc(N(c3ccc(-c4ccccc4-c4ccccc4)cc3)c3c(-c4ccccc4)cccc3-c3ccccc3)c2Cl)cc1. The van der Waals surface area contributed by atoms with Crippen molar-refractivity contribution in [3.63, 3.8) is 0 Å². The highest BCUT2D eigenvalue weighted by Gasteiger charge is 2.32. The predicted octanol–water partition coefficient (Wildman–Crippen LogP) is 26.6. The van der Waals surface area contributed by atoms with Crippen LogP contribution in [0.25, 0.3) is 88.0 Å². The summed E-state index contributed by atoms with van der Waals surface area (Å²) in [6, 6.07) is 120. The first kappa shape index (κ1) is 59.3. The van der Waals surface area contributed by atoms with Gasteiger partial charge in [0.2, 0.25) is 0 Å². The number of hydrogen-bond donors (Lipinski definition) is 0. The lowest BCUT2D eigenvalue weighted by Gasteiger charge is -2.36. The lowest BCUT2D eigenvalue weighted by Crippen LogP contribution is -2.19. The maximum atomic E-state index is 8.88. The minimum atomic E-state index is -0.185. The van der Waals surface area contributed by atoms with Crippen LogP contribution in [0, 0.1) is 0 Å². The summed E-state index contributed by atoms with van der Waals surface area (Å²) < 4.78 is 0. The molecule has 0 saturated carbocycles. The van der Waals surface area contributed by atoms with E-state index in [1.54, 1.807) is 0 Å². The van der Waals surface area contributed by atoms with E-state index in [0.29, 0.717) is 5.02 Å². The van der Waals surface area contributed by atoms with Crippen molar-refractivity contribution in [3.8, 4) is 55.6 Å². The fraction of sp³-hybridized carbons (Fsp3) is 0.0889. The van der Waals surface area contributed by atoms with Crippen molar-refractivity contribution in [2.75, 3.05) is 14.7 Å². The Balaban J connectivity index is 1.08. The van der Waals surface area contributed by atoms with Gasteiger partial charge in [-0.1, -0.05) is 308 Å². The fourth-order valence-electron chi connectivity index (χ4n) is 13.8. The maximum Gasteiger partial charge on any atom is 0.0888 e. The Morgan fingerprint density at radius 1 is 0.245 bits per heavy atom. The Bertz CT molecular complexity index is 5080. The Morgan fingerprint density at radius 2 is 0.638 bits per heavy atom. The van der Waals surface area contributed by atoms with Gasteiger partial charge in [-0.2, -0.15) is 0 Å². The number of halogens is 1. The molecule has 0 aliphatic rings. The lowest BCUT2D eigenvalue weighted by molar-refractivity contribution is 0.590. The zero-order valence-electron chi connectivity index (χ0n) is 53.9. The van der Waals surface area contributed by atoms with Gasteiger partial charge in [-0.25, -0.2) is 0 Å². The van der Waals surface area contributed by atoms with Gasteiger partial charge < -0.3 is 14.7 Å². The molecular formula is C90H72ClN3. The monoisotopic (exact) mass is 1230 g/mol. The quantitative estimate of drug-likeness (QED) is 0.100. The summed E-state index contributed by atoms with van der Waals surface area (Å²) in [5, 5.41) is 7.98. The molecule has 15 aromatic rings. The van der Waals surface area contributed by atoms with Crippen LogP contribution >= 0.6 is 11.6 Å². The minimum Gasteiger partial charge on any atom is -0.310 e. The summed E-state index contributed by atoms with van der Waals surface area (Å²) in [5.41, 5.74) is 21.6. The zero-order valence-corrected chi connectivity index (χ0v) is 54.7. The normalized spacial score (nSPS) is 11.8. The molecule has 0 saturated heterocycles. The molecule has 0 amide bonds. The lowest BCUT2D eigenvalue weighted by atomic mass is 9.83. The predicted molar refractivity (Wildman–Crippen MR) is 404 cm³/mol. The first-order chi connectivity index (χ1) is 45.8. The summed E-state index contributed by atoms with van der Waals surface area (Å²) in [5.74, 6) is 0. The number of rotatable bonds is 14. The van der Waals surface area contributed by atoms with Crippen molar-refractivity contribution >= 4 is 95.1 Å². The summed E-state index contributed by atoms with van der Waals surface area (Å²) >= 11 is 8.88. The van der Waals surface area contributed by atoms with Crippen molar-refractivity contribution in [1.29, 1.82) is 0 Å². The smallest absolute Gasteiger partial charge is 0.0888 e. The third-order valence-corrected chi connectivity index (χ3v) is 19.0. The zero-order chi connectivity index (χ0) is 64.1. The summed E-state index contributed by atoms with van der Waals surface area (Å²) in [6.07, 6.45) is 0. The first-order valence-corrected chi connectivity index (χ1v) is 33.0. The van der Waals surface area contributed by atoms with E-state index in [4.69, 9.17) is 11.6 Å². The number of hydrogen-bond acceptors (Lipinski definition) is 3. The van der Waals surface area contributed by atoms with E-state index in [9.17, 15) is 0 Å². The van der Waals surface area contributed by atoms with Gasteiger partial charge in [0.1, 0.15) is 0 Å². The molecule has 0 fully saturated rings. The average molecular weight is 1230 g/mol. The molecule has 0 N–H and O–H groups in total. The second-order valence-electron chi connectivity index (χ2n) is 26.6. The van der Waals surface area contributed by atoms with E-state index >= 15 is 0 Å². The second kappa shape index (κ2) is 24.6.